The number of hydrogen-bond donors (Lipinski definition) is 2. The van der Waals surface area contributed by atoms with Crippen LogP contribution in [0.1, 0.15) is 52.5 Å². The number of hydroxylamine groups is 2. The van der Waals surface area contributed by atoms with E-state index in [1.807, 2.05) is 52.9 Å². The van der Waals surface area contributed by atoms with Gasteiger partial charge in [-0.3, -0.25) is 4.79 Å². The molecule has 1 heterocycles. The molecule has 1 fully saturated rings. The first kappa shape index (κ1) is 19.9. The number of nitrogens with zero attached hydrogens (tertiary/aromatic N) is 1. The number of likely N-dealkylation sites (N-methyl/N-ethyl adjacent to an activating group) is 1. The van der Waals surface area contributed by atoms with Crippen LogP contribution in [0.5, 0.6) is 0 Å². The summed E-state index contributed by atoms with van der Waals surface area (Å²) in [6.45, 7) is 7.69. The van der Waals surface area contributed by atoms with E-state index in [0.717, 1.165) is 17.9 Å². The summed E-state index contributed by atoms with van der Waals surface area (Å²) in [7, 11) is 1.93. The third-order valence-electron chi connectivity index (χ3n) is 5.42. The van der Waals surface area contributed by atoms with Gasteiger partial charge in [-0.25, -0.2) is 0 Å². The number of benzene rings is 1. The van der Waals surface area contributed by atoms with E-state index in [2.05, 4.69) is 22.8 Å². The summed E-state index contributed by atoms with van der Waals surface area (Å²) in [6, 6.07) is 10.4. The number of hydrogen-bond acceptors (Lipinski definition) is 3. The van der Waals surface area contributed by atoms with Crippen LogP contribution in [0.2, 0.25) is 0 Å². The van der Waals surface area contributed by atoms with Crippen molar-refractivity contribution in [2.45, 2.75) is 76.5 Å². The molecule has 25 heavy (non-hydrogen) atoms. The van der Waals surface area contributed by atoms with Gasteiger partial charge in [0.1, 0.15) is 0 Å². The molecule has 2 rings (SSSR count). The van der Waals surface area contributed by atoms with Gasteiger partial charge in [0.05, 0.1) is 11.6 Å². The Labute approximate surface area is 151 Å². The van der Waals surface area contributed by atoms with Gasteiger partial charge in [0.2, 0.25) is 5.91 Å². The number of nitrogens with one attached hydrogen (secondary N) is 2. The van der Waals surface area contributed by atoms with Crippen molar-refractivity contribution < 1.29 is 10.0 Å². The molecule has 0 aliphatic carbocycles. The van der Waals surface area contributed by atoms with E-state index in [4.69, 9.17) is 0 Å². The maximum Gasteiger partial charge on any atom is 0.220 e. The smallest absolute Gasteiger partial charge is 0.220 e. The first-order chi connectivity index (χ1) is 11.7. The van der Waals surface area contributed by atoms with Gasteiger partial charge in [0, 0.05) is 18.0 Å². The second-order valence-corrected chi connectivity index (χ2v) is 8.30. The van der Waals surface area contributed by atoms with Crippen LogP contribution < -0.4 is 10.6 Å². The van der Waals surface area contributed by atoms with E-state index in [1.165, 1.54) is 5.56 Å². The number of carbonyl (C=O) groups excluding carboxylic acids is 1. The van der Waals surface area contributed by atoms with Gasteiger partial charge in [-0.1, -0.05) is 30.3 Å². The fraction of sp³-hybridized carbons (Fsp3) is 0.650. The summed E-state index contributed by atoms with van der Waals surface area (Å²) < 4.78 is 0. The van der Waals surface area contributed by atoms with Gasteiger partial charge >= 0.3 is 0 Å². The second-order valence-electron chi connectivity index (χ2n) is 8.30. The molecule has 0 bridgehead atoms. The van der Waals surface area contributed by atoms with Crippen molar-refractivity contribution in [1.29, 1.82) is 0 Å². The number of carbonyl (C=O) groups is 1. The largest absolute Gasteiger partial charge is 0.351 e. The van der Waals surface area contributed by atoms with Crippen LogP contribution in [-0.4, -0.2) is 41.2 Å². The minimum atomic E-state index is -0.578. The lowest BCUT2D eigenvalue weighted by atomic mass is 9.94. The third kappa shape index (κ3) is 4.81. The van der Waals surface area contributed by atoms with Crippen molar-refractivity contribution in [1.82, 2.24) is 15.7 Å². The molecule has 5 nitrogen and oxygen atoms in total. The highest BCUT2D eigenvalue weighted by Gasteiger charge is 2.52. The van der Waals surface area contributed by atoms with Gasteiger partial charge in [-0.2, -0.15) is 0 Å². The molecular weight excluding hydrogens is 314 g/mol. The maximum atomic E-state index is 12.4. The standard InChI is InChI=1S/C20H32N3O2/c1-19(2)14-17(20(3,4)23(19)25)22-18(24)12-11-16(21-5)13-15-9-7-6-8-10-15/h6-10,16-17,21H,11-14H2,1-5H3,(H,22,24). The van der Waals surface area contributed by atoms with Crippen LogP contribution >= 0.6 is 0 Å². The van der Waals surface area contributed by atoms with Crippen LogP contribution in [0.25, 0.3) is 0 Å². The molecule has 0 spiro atoms. The Hall–Kier alpha value is -1.43. The lowest BCUT2D eigenvalue weighted by Gasteiger charge is -2.33. The van der Waals surface area contributed by atoms with Gasteiger partial charge < -0.3 is 10.6 Å². The zero-order valence-corrected chi connectivity index (χ0v) is 16.1. The molecule has 1 aromatic carbocycles. The highest BCUT2D eigenvalue weighted by atomic mass is 16.5. The van der Waals surface area contributed by atoms with E-state index in [-0.39, 0.29) is 18.0 Å². The number of amides is 1. The van der Waals surface area contributed by atoms with Crippen molar-refractivity contribution in [2.24, 2.45) is 0 Å². The lowest BCUT2D eigenvalue weighted by molar-refractivity contribution is -0.246. The molecule has 1 radical (unpaired) electrons. The van der Waals surface area contributed by atoms with E-state index < -0.39 is 11.1 Å². The molecule has 0 aromatic heterocycles. The summed E-state index contributed by atoms with van der Waals surface area (Å²) in [5, 5.41) is 19.9. The second kappa shape index (κ2) is 7.85. The SMILES string of the molecule is CNC(CCC(=O)NC1CC(C)(C)N([O])C1(C)C)Cc1ccccc1. The molecule has 5 heteroatoms. The molecule has 1 aliphatic rings. The Bertz CT molecular complexity index is 572. The lowest BCUT2D eigenvalue weighted by Crippen LogP contribution is -2.52. The predicted octanol–water partition coefficient (Wildman–Crippen LogP) is 2.69. The summed E-state index contributed by atoms with van der Waals surface area (Å²) in [5.74, 6) is 0.0255. The molecule has 1 saturated heterocycles. The van der Waals surface area contributed by atoms with E-state index in [0.29, 0.717) is 12.8 Å². The van der Waals surface area contributed by atoms with Gasteiger partial charge in [-0.15, -0.1) is 10.3 Å². The summed E-state index contributed by atoms with van der Waals surface area (Å²) in [5.41, 5.74) is 0.247. The van der Waals surface area contributed by atoms with Crippen LogP contribution in [-0.2, 0) is 16.4 Å². The summed E-state index contributed by atoms with van der Waals surface area (Å²) in [4.78, 5) is 12.4. The third-order valence-corrected chi connectivity index (χ3v) is 5.42. The quantitative estimate of drug-likeness (QED) is 0.798. The Morgan fingerprint density at radius 2 is 1.88 bits per heavy atom. The molecule has 139 valence electrons. The minimum Gasteiger partial charge on any atom is -0.351 e. The predicted molar refractivity (Wildman–Crippen MR) is 99.5 cm³/mol. The van der Waals surface area contributed by atoms with Crippen molar-refractivity contribution in [2.75, 3.05) is 7.05 Å². The zero-order valence-electron chi connectivity index (χ0n) is 16.1. The fourth-order valence-corrected chi connectivity index (χ4v) is 3.80. The average molecular weight is 346 g/mol. The van der Waals surface area contributed by atoms with Crippen molar-refractivity contribution in [3.63, 3.8) is 0 Å². The fourth-order valence-electron chi connectivity index (χ4n) is 3.80. The van der Waals surface area contributed by atoms with Crippen LogP contribution in [0.15, 0.2) is 30.3 Å². The van der Waals surface area contributed by atoms with Crippen molar-refractivity contribution in [3.05, 3.63) is 35.9 Å². The first-order valence-electron chi connectivity index (χ1n) is 9.15. The van der Waals surface area contributed by atoms with E-state index in [9.17, 15) is 10.0 Å². The van der Waals surface area contributed by atoms with Crippen molar-refractivity contribution in [3.8, 4) is 0 Å². The van der Waals surface area contributed by atoms with Gasteiger partial charge in [0.25, 0.3) is 0 Å². The van der Waals surface area contributed by atoms with E-state index >= 15 is 0 Å². The Morgan fingerprint density at radius 1 is 1.24 bits per heavy atom. The molecule has 0 saturated carbocycles. The maximum absolute atomic E-state index is 12.4. The van der Waals surface area contributed by atoms with E-state index in [1.54, 1.807) is 0 Å². The summed E-state index contributed by atoms with van der Waals surface area (Å²) in [6.07, 6.45) is 2.81. The topological polar surface area (TPSA) is 64.3 Å². The molecule has 2 N–H and O–H groups in total. The molecule has 2 atom stereocenters. The monoisotopic (exact) mass is 346 g/mol. The highest BCUT2D eigenvalue weighted by Crippen LogP contribution is 2.39. The first-order valence-corrected chi connectivity index (χ1v) is 9.15. The minimum absolute atomic E-state index is 0.0255. The van der Waals surface area contributed by atoms with Crippen molar-refractivity contribution >= 4 is 5.91 Å². The summed E-state index contributed by atoms with van der Waals surface area (Å²) >= 11 is 0. The zero-order chi connectivity index (χ0) is 18.7. The van der Waals surface area contributed by atoms with Crippen LogP contribution in [0, 0.1) is 0 Å². The van der Waals surface area contributed by atoms with Crippen LogP contribution in [0.3, 0.4) is 0 Å². The Kier molecular flexibility index (Phi) is 6.25. The average Bonchev–Trinajstić information content (AvgIpc) is 2.72. The Balaban J connectivity index is 1.85. The highest BCUT2D eigenvalue weighted by molar-refractivity contribution is 5.76. The molecular formula is C20H32N3O2. The molecule has 2 unspecified atom stereocenters. The molecule has 1 aliphatic heterocycles. The number of rotatable bonds is 7. The van der Waals surface area contributed by atoms with Gasteiger partial charge in [-0.05, 0) is 59.6 Å². The Morgan fingerprint density at radius 3 is 2.40 bits per heavy atom. The van der Waals surface area contributed by atoms with Crippen LogP contribution in [0.4, 0.5) is 0 Å². The van der Waals surface area contributed by atoms with Gasteiger partial charge in [0.15, 0.2) is 0 Å². The molecule has 1 aromatic rings. The normalized spacial score (nSPS) is 23.4. The molecule has 1 amide bonds.